The lowest BCUT2D eigenvalue weighted by atomic mass is 9.94. The summed E-state index contributed by atoms with van der Waals surface area (Å²) < 4.78 is 0. The Balaban J connectivity index is 1.76. The normalized spacial score (nSPS) is 22.2. The van der Waals surface area contributed by atoms with Crippen molar-refractivity contribution in [2.45, 2.75) is 37.8 Å². The first kappa shape index (κ1) is 11.8. The number of hydrogen-bond donors (Lipinski definition) is 3. The third-order valence-electron chi connectivity index (χ3n) is 3.97. The summed E-state index contributed by atoms with van der Waals surface area (Å²) in [6, 6.07) is 9.08. The molecule has 0 saturated carbocycles. The van der Waals surface area contributed by atoms with Gasteiger partial charge in [-0.3, -0.25) is 0 Å². The molecule has 4 N–H and O–H groups in total. The van der Waals surface area contributed by atoms with Crippen LogP contribution in [-0.2, 0) is 0 Å². The minimum absolute atomic E-state index is 0.122. The van der Waals surface area contributed by atoms with E-state index >= 15 is 0 Å². The Hall–Kier alpha value is -1.32. The second kappa shape index (κ2) is 5.12. The number of nitrogens with two attached hydrogens (primary N) is 1. The number of rotatable bonds is 3. The molecule has 2 heterocycles. The largest absolute Gasteiger partial charge is 0.361 e. The average Bonchev–Trinajstić information content (AvgIpc) is 2.84. The highest BCUT2D eigenvalue weighted by Gasteiger charge is 2.18. The number of H-pyrrole nitrogens is 1. The van der Waals surface area contributed by atoms with Gasteiger partial charge < -0.3 is 16.0 Å². The lowest BCUT2D eigenvalue weighted by Gasteiger charge is -2.26. The molecule has 2 aromatic rings. The molecule has 1 aromatic carbocycles. The van der Waals surface area contributed by atoms with Gasteiger partial charge in [-0.15, -0.1) is 0 Å². The van der Waals surface area contributed by atoms with E-state index in [2.05, 4.69) is 40.8 Å². The van der Waals surface area contributed by atoms with Gasteiger partial charge in [0.05, 0.1) is 0 Å². The van der Waals surface area contributed by atoms with E-state index in [0.717, 1.165) is 13.0 Å². The van der Waals surface area contributed by atoms with E-state index in [1.54, 1.807) is 0 Å². The van der Waals surface area contributed by atoms with E-state index in [-0.39, 0.29) is 6.04 Å². The zero-order chi connectivity index (χ0) is 12.4. The lowest BCUT2D eigenvalue weighted by molar-refractivity contribution is 0.362. The summed E-state index contributed by atoms with van der Waals surface area (Å²) in [5, 5.41) is 4.83. The van der Waals surface area contributed by atoms with E-state index in [4.69, 9.17) is 5.73 Å². The van der Waals surface area contributed by atoms with Gasteiger partial charge in [0, 0.05) is 29.2 Å². The van der Waals surface area contributed by atoms with Crippen molar-refractivity contribution < 1.29 is 0 Å². The van der Waals surface area contributed by atoms with E-state index in [1.165, 1.54) is 35.7 Å². The van der Waals surface area contributed by atoms with E-state index in [1.807, 2.05) is 0 Å². The van der Waals surface area contributed by atoms with Crippen LogP contribution in [0.1, 0.15) is 37.3 Å². The molecule has 1 fully saturated rings. The maximum Gasteiger partial charge on any atom is 0.0457 e. The molecule has 2 atom stereocenters. The smallest absolute Gasteiger partial charge is 0.0457 e. The number of nitrogens with one attached hydrogen (secondary N) is 2. The van der Waals surface area contributed by atoms with Crippen LogP contribution in [0.15, 0.2) is 30.5 Å². The molecule has 0 amide bonds. The van der Waals surface area contributed by atoms with E-state index in [9.17, 15) is 0 Å². The summed E-state index contributed by atoms with van der Waals surface area (Å²) in [6.45, 7) is 1.14. The van der Waals surface area contributed by atoms with Crippen molar-refractivity contribution in [2.75, 3.05) is 6.54 Å². The van der Waals surface area contributed by atoms with Gasteiger partial charge in [0.1, 0.15) is 0 Å². The van der Waals surface area contributed by atoms with Crippen molar-refractivity contribution in [1.82, 2.24) is 10.3 Å². The van der Waals surface area contributed by atoms with Crippen LogP contribution in [-0.4, -0.2) is 17.6 Å². The zero-order valence-corrected chi connectivity index (χ0v) is 10.7. The Morgan fingerprint density at radius 2 is 2.17 bits per heavy atom. The second-order valence-electron chi connectivity index (χ2n) is 5.28. The first-order valence-corrected chi connectivity index (χ1v) is 6.89. The maximum absolute atomic E-state index is 6.38. The summed E-state index contributed by atoms with van der Waals surface area (Å²) in [7, 11) is 0. The van der Waals surface area contributed by atoms with Crippen LogP contribution < -0.4 is 11.1 Å². The molecule has 3 rings (SSSR count). The topological polar surface area (TPSA) is 53.8 Å². The lowest BCUT2D eigenvalue weighted by Crippen LogP contribution is -2.36. The quantitative estimate of drug-likeness (QED) is 0.776. The van der Waals surface area contributed by atoms with Crippen LogP contribution in [0.3, 0.4) is 0 Å². The third kappa shape index (κ3) is 2.28. The number of piperidine rings is 1. The number of fused-ring (bicyclic) bond motifs is 1. The van der Waals surface area contributed by atoms with Gasteiger partial charge in [-0.05, 0) is 37.4 Å². The second-order valence-corrected chi connectivity index (χ2v) is 5.28. The Bertz CT molecular complexity index is 511. The Morgan fingerprint density at radius 3 is 3.00 bits per heavy atom. The van der Waals surface area contributed by atoms with Crippen molar-refractivity contribution in [2.24, 2.45) is 5.73 Å². The molecule has 1 saturated heterocycles. The molecule has 3 heteroatoms. The average molecular weight is 243 g/mol. The number of para-hydroxylation sites is 1. The molecule has 0 radical (unpaired) electrons. The monoisotopic (exact) mass is 243 g/mol. The molecule has 0 bridgehead atoms. The first-order chi connectivity index (χ1) is 8.84. The highest BCUT2D eigenvalue weighted by atomic mass is 14.9. The standard InChI is InChI=1S/C15H21N3/c16-14(9-11-5-3-4-8-17-11)13-10-18-15-7-2-1-6-12(13)15/h1-2,6-7,10-11,14,17-18H,3-5,8-9,16H2. The molecule has 1 aromatic heterocycles. The van der Waals surface area contributed by atoms with Gasteiger partial charge in [0.2, 0.25) is 0 Å². The molecule has 18 heavy (non-hydrogen) atoms. The van der Waals surface area contributed by atoms with Crippen LogP contribution in [0.4, 0.5) is 0 Å². The molecule has 1 aliphatic rings. The predicted octanol–water partition coefficient (Wildman–Crippen LogP) is 2.70. The minimum Gasteiger partial charge on any atom is -0.361 e. The molecular weight excluding hydrogens is 222 g/mol. The summed E-state index contributed by atoms with van der Waals surface area (Å²) in [5.41, 5.74) is 8.80. The molecule has 0 aliphatic carbocycles. The maximum atomic E-state index is 6.38. The Kier molecular flexibility index (Phi) is 3.35. The summed E-state index contributed by atoms with van der Waals surface area (Å²) >= 11 is 0. The number of hydrogen-bond acceptors (Lipinski definition) is 2. The van der Waals surface area contributed by atoms with Gasteiger partial charge in [-0.25, -0.2) is 0 Å². The molecule has 0 spiro atoms. The molecule has 96 valence electrons. The van der Waals surface area contributed by atoms with Crippen molar-refractivity contribution in [3.8, 4) is 0 Å². The highest BCUT2D eigenvalue weighted by molar-refractivity contribution is 5.83. The van der Waals surface area contributed by atoms with Crippen molar-refractivity contribution >= 4 is 10.9 Å². The van der Waals surface area contributed by atoms with Crippen LogP contribution in [0, 0.1) is 0 Å². The SMILES string of the molecule is NC(CC1CCCCN1)c1c[nH]c2ccccc12. The molecule has 2 unspecified atom stereocenters. The fourth-order valence-electron chi connectivity index (χ4n) is 2.96. The van der Waals surface area contributed by atoms with Crippen molar-refractivity contribution in [1.29, 1.82) is 0 Å². The van der Waals surface area contributed by atoms with Crippen LogP contribution >= 0.6 is 0 Å². The Labute approximate surface area is 108 Å². The summed E-state index contributed by atoms with van der Waals surface area (Å²) in [4.78, 5) is 3.31. The van der Waals surface area contributed by atoms with E-state index in [0.29, 0.717) is 6.04 Å². The Morgan fingerprint density at radius 1 is 1.28 bits per heavy atom. The summed E-state index contributed by atoms with van der Waals surface area (Å²) in [5.74, 6) is 0. The highest BCUT2D eigenvalue weighted by Crippen LogP contribution is 2.26. The van der Waals surface area contributed by atoms with Crippen LogP contribution in [0.2, 0.25) is 0 Å². The summed E-state index contributed by atoms with van der Waals surface area (Å²) in [6.07, 6.45) is 6.99. The third-order valence-corrected chi connectivity index (χ3v) is 3.97. The van der Waals surface area contributed by atoms with Gasteiger partial charge in [0.25, 0.3) is 0 Å². The fourth-order valence-corrected chi connectivity index (χ4v) is 2.96. The predicted molar refractivity (Wildman–Crippen MR) is 75.5 cm³/mol. The molecule has 1 aliphatic heterocycles. The first-order valence-electron chi connectivity index (χ1n) is 6.89. The molecule has 3 nitrogen and oxygen atoms in total. The van der Waals surface area contributed by atoms with E-state index < -0.39 is 0 Å². The van der Waals surface area contributed by atoms with Crippen LogP contribution in [0.25, 0.3) is 10.9 Å². The van der Waals surface area contributed by atoms with Gasteiger partial charge >= 0.3 is 0 Å². The minimum atomic E-state index is 0.122. The molecular formula is C15H21N3. The van der Waals surface area contributed by atoms with Gasteiger partial charge in [-0.2, -0.15) is 0 Å². The van der Waals surface area contributed by atoms with Crippen LogP contribution in [0.5, 0.6) is 0 Å². The number of aromatic nitrogens is 1. The zero-order valence-electron chi connectivity index (χ0n) is 10.7. The van der Waals surface area contributed by atoms with Crippen molar-refractivity contribution in [3.63, 3.8) is 0 Å². The van der Waals surface area contributed by atoms with Gasteiger partial charge in [-0.1, -0.05) is 24.6 Å². The van der Waals surface area contributed by atoms with Crippen molar-refractivity contribution in [3.05, 3.63) is 36.0 Å². The fraction of sp³-hybridized carbons (Fsp3) is 0.467. The van der Waals surface area contributed by atoms with Gasteiger partial charge in [0.15, 0.2) is 0 Å². The number of benzene rings is 1. The number of aromatic amines is 1.